The van der Waals surface area contributed by atoms with Gasteiger partial charge in [0.25, 0.3) is 11.5 Å². The monoisotopic (exact) mass is 285 g/mol. The number of carbonyl (C=O) groups is 1. The van der Waals surface area contributed by atoms with Crippen LogP contribution in [0.5, 0.6) is 5.75 Å². The van der Waals surface area contributed by atoms with Crippen LogP contribution in [0.1, 0.15) is 34.5 Å². The molecule has 0 fully saturated rings. The van der Waals surface area contributed by atoms with Crippen LogP contribution in [0.4, 0.5) is 5.69 Å². The highest BCUT2D eigenvalue weighted by atomic mass is 16.3. The fourth-order valence-electron chi connectivity index (χ4n) is 2.60. The van der Waals surface area contributed by atoms with Gasteiger partial charge < -0.3 is 15.4 Å². The zero-order valence-electron chi connectivity index (χ0n) is 11.3. The van der Waals surface area contributed by atoms with Gasteiger partial charge in [0, 0.05) is 17.5 Å². The Morgan fingerprint density at radius 1 is 1.33 bits per heavy atom. The van der Waals surface area contributed by atoms with Crippen molar-refractivity contribution in [3.8, 4) is 5.75 Å². The number of pyridine rings is 2. The Morgan fingerprint density at radius 2 is 2.14 bits per heavy atom. The third-order valence-corrected chi connectivity index (χ3v) is 3.63. The van der Waals surface area contributed by atoms with Gasteiger partial charge >= 0.3 is 0 Å². The van der Waals surface area contributed by atoms with Crippen molar-refractivity contribution in [2.45, 2.75) is 25.7 Å². The van der Waals surface area contributed by atoms with Gasteiger partial charge in [-0.3, -0.25) is 14.6 Å². The number of amides is 1. The summed E-state index contributed by atoms with van der Waals surface area (Å²) in [6.07, 6.45) is 6.37. The van der Waals surface area contributed by atoms with Crippen molar-refractivity contribution in [1.82, 2.24) is 9.97 Å². The molecule has 2 heterocycles. The summed E-state index contributed by atoms with van der Waals surface area (Å²) in [5, 5.41) is 12.8. The van der Waals surface area contributed by atoms with E-state index in [1.54, 1.807) is 18.3 Å². The number of aromatic amines is 1. The molecule has 2 aromatic rings. The predicted molar refractivity (Wildman–Crippen MR) is 77.6 cm³/mol. The first-order valence-corrected chi connectivity index (χ1v) is 6.85. The van der Waals surface area contributed by atoms with Crippen molar-refractivity contribution >= 4 is 11.6 Å². The number of nitrogens with zero attached hydrogens (tertiary/aromatic N) is 1. The fourth-order valence-corrected chi connectivity index (χ4v) is 2.60. The van der Waals surface area contributed by atoms with Crippen molar-refractivity contribution in [3.05, 3.63) is 51.7 Å². The first-order valence-electron chi connectivity index (χ1n) is 6.85. The molecule has 108 valence electrons. The minimum absolute atomic E-state index is 0.199. The van der Waals surface area contributed by atoms with Crippen LogP contribution in [0.2, 0.25) is 0 Å². The molecule has 0 saturated carbocycles. The molecule has 0 bridgehead atoms. The van der Waals surface area contributed by atoms with Gasteiger partial charge in [0.05, 0.1) is 11.9 Å². The lowest BCUT2D eigenvalue weighted by molar-refractivity contribution is 0.102. The highest BCUT2D eigenvalue weighted by molar-refractivity contribution is 6.06. The smallest absolute Gasteiger partial charge is 0.265 e. The number of H-pyrrole nitrogens is 1. The lowest BCUT2D eigenvalue weighted by Gasteiger charge is -2.18. The molecule has 6 nitrogen and oxygen atoms in total. The quantitative estimate of drug-likeness (QED) is 0.781. The van der Waals surface area contributed by atoms with Gasteiger partial charge in [0.1, 0.15) is 11.3 Å². The Balaban J connectivity index is 1.98. The average molecular weight is 285 g/mol. The van der Waals surface area contributed by atoms with Gasteiger partial charge in [-0.15, -0.1) is 0 Å². The molecule has 3 N–H and O–H groups in total. The van der Waals surface area contributed by atoms with Crippen molar-refractivity contribution in [1.29, 1.82) is 0 Å². The lowest BCUT2D eigenvalue weighted by atomic mass is 9.93. The lowest BCUT2D eigenvalue weighted by Crippen LogP contribution is -2.26. The second kappa shape index (κ2) is 5.40. The Morgan fingerprint density at radius 3 is 2.90 bits per heavy atom. The summed E-state index contributed by atoms with van der Waals surface area (Å²) in [6, 6.07) is 3.33. The largest absolute Gasteiger partial charge is 0.507 e. The molecule has 1 amide bonds. The zero-order chi connectivity index (χ0) is 14.8. The van der Waals surface area contributed by atoms with E-state index in [0.717, 1.165) is 25.0 Å². The predicted octanol–water partition coefficient (Wildman–Crippen LogP) is 1.61. The molecular formula is C15H15N3O3. The van der Waals surface area contributed by atoms with Crippen molar-refractivity contribution < 1.29 is 9.90 Å². The maximum Gasteiger partial charge on any atom is 0.265 e. The molecule has 1 aliphatic carbocycles. The summed E-state index contributed by atoms with van der Waals surface area (Å²) >= 11 is 0. The summed E-state index contributed by atoms with van der Waals surface area (Å²) in [5.41, 5.74) is 1.09. The van der Waals surface area contributed by atoms with Gasteiger partial charge in [-0.1, -0.05) is 0 Å². The molecule has 0 aliphatic heterocycles. The van der Waals surface area contributed by atoms with Crippen LogP contribution in [0, 0.1) is 0 Å². The van der Waals surface area contributed by atoms with Gasteiger partial charge in [-0.25, -0.2) is 0 Å². The maximum absolute atomic E-state index is 12.2. The minimum atomic E-state index is -0.630. The van der Waals surface area contributed by atoms with E-state index in [4.69, 9.17) is 0 Å². The number of hydrogen-bond acceptors (Lipinski definition) is 4. The van der Waals surface area contributed by atoms with Crippen LogP contribution < -0.4 is 10.9 Å². The van der Waals surface area contributed by atoms with Crippen LogP contribution >= 0.6 is 0 Å². The van der Waals surface area contributed by atoms with E-state index in [2.05, 4.69) is 15.3 Å². The highest BCUT2D eigenvalue weighted by Gasteiger charge is 2.23. The minimum Gasteiger partial charge on any atom is -0.507 e. The molecule has 0 unspecified atom stereocenters. The van der Waals surface area contributed by atoms with Crippen LogP contribution in [-0.4, -0.2) is 21.0 Å². The Labute approximate surface area is 120 Å². The molecule has 0 saturated heterocycles. The SMILES string of the molecule is O=C(Nc1cccnc1)c1c(O)c2c([nH]c1=O)CCCC2. The number of hydrogen-bond donors (Lipinski definition) is 3. The number of nitrogens with one attached hydrogen (secondary N) is 2. The number of anilines is 1. The number of aryl methyl sites for hydroxylation is 1. The number of aromatic hydroxyl groups is 1. The highest BCUT2D eigenvalue weighted by Crippen LogP contribution is 2.28. The maximum atomic E-state index is 12.2. The first-order chi connectivity index (χ1) is 10.2. The third kappa shape index (κ3) is 2.52. The molecule has 0 atom stereocenters. The summed E-state index contributed by atoms with van der Waals surface area (Å²) in [4.78, 5) is 30.9. The van der Waals surface area contributed by atoms with Crippen molar-refractivity contribution in [2.75, 3.05) is 5.32 Å². The van der Waals surface area contributed by atoms with E-state index >= 15 is 0 Å². The fraction of sp³-hybridized carbons (Fsp3) is 0.267. The van der Waals surface area contributed by atoms with E-state index in [0.29, 0.717) is 17.7 Å². The van der Waals surface area contributed by atoms with Crippen LogP contribution in [0.15, 0.2) is 29.3 Å². The molecular weight excluding hydrogens is 270 g/mol. The Kier molecular flexibility index (Phi) is 3.43. The summed E-state index contributed by atoms with van der Waals surface area (Å²) in [6.45, 7) is 0. The van der Waals surface area contributed by atoms with Gasteiger partial charge in [-0.2, -0.15) is 0 Å². The molecule has 0 spiro atoms. The molecule has 2 aromatic heterocycles. The van der Waals surface area contributed by atoms with E-state index in [1.807, 2.05) is 0 Å². The number of aromatic nitrogens is 2. The average Bonchev–Trinajstić information content (AvgIpc) is 2.48. The van der Waals surface area contributed by atoms with Gasteiger partial charge in [0.15, 0.2) is 0 Å². The summed E-state index contributed by atoms with van der Waals surface area (Å²) in [5.74, 6) is -0.829. The van der Waals surface area contributed by atoms with E-state index in [9.17, 15) is 14.7 Å². The van der Waals surface area contributed by atoms with Gasteiger partial charge in [0.2, 0.25) is 0 Å². The number of carbonyl (C=O) groups excluding carboxylic acids is 1. The second-order valence-corrected chi connectivity index (χ2v) is 5.04. The second-order valence-electron chi connectivity index (χ2n) is 5.04. The standard InChI is InChI=1S/C15H15N3O3/c19-13-10-5-1-2-6-11(10)18-15(21)12(13)14(20)17-9-4-3-7-16-8-9/h3-4,7-8H,1-2,5-6H2,(H,17,20)(H2,18,19,21). The Bertz CT molecular complexity index is 738. The molecule has 3 rings (SSSR count). The van der Waals surface area contributed by atoms with Crippen molar-refractivity contribution in [2.24, 2.45) is 0 Å². The molecule has 6 heteroatoms. The van der Waals surface area contributed by atoms with Crippen molar-refractivity contribution in [3.63, 3.8) is 0 Å². The van der Waals surface area contributed by atoms with Crippen LogP contribution in [-0.2, 0) is 12.8 Å². The normalized spacial score (nSPS) is 13.5. The summed E-state index contributed by atoms with van der Waals surface area (Å²) in [7, 11) is 0. The molecule has 1 aliphatic rings. The van der Waals surface area contributed by atoms with Crippen LogP contribution in [0.3, 0.4) is 0 Å². The number of rotatable bonds is 2. The Hall–Kier alpha value is -2.63. The molecule has 0 aromatic carbocycles. The molecule has 0 radical (unpaired) electrons. The topological polar surface area (TPSA) is 95.1 Å². The number of fused-ring (bicyclic) bond motifs is 1. The molecule has 21 heavy (non-hydrogen) atoms. The van der Waals surface area contributed by atoms with Gasteiger partial charge in [-0.05, 0) is 37.8 Å². The van der Waals surface area contributed by atoms with E-state index in [1.165, 1.54) is 6.20 Å². The van der Waals surface area contributed by atoms with Crippen LogP contribution in [0.25, 0.3) is 0 Å². The van der Waals surface area contributed by atoms with E-state index < -0.39 is 11.5 Å². The van der Waals surface area contributed by atoms with E-state index in [-0.39, 0.29) is 11.3 Å². The first kappa shape index (κ1) is 13.4. The zero-order valence-corrected chi connectivity index (χ0v) is 11.3. The third-order valence-electron chi connectivity index (χ3n) is 3.63. The summed E-state index contributed by atoms with van der Waals surface area (Å²) < 4.78 is 0.